The lowest BCUT2D eigenvalue weighted by atomic mass is 10.2. The molecule has 0 saturated heterocycles. The van der Waals surface area contributed by atoms with Gasteiger partial charge in [-0.25, -0.2) is 4.79 Å². The lowest BCUT2D eigenvalue weighted by Crippen LogP contribution is -2.50. The predicted octanol–water partition coefficient (Wildman–Crippen LogP) is 0.0996. The summed E-state index contributed by atoms with van der Waals surface area (Å²) in [5.74, 6) is -0.556. The molecule has 0 aliphatic carbocycles. The largest absolute Gasteiger partial charge is 0.481 e. The van der Waals surface area contributed by atoms with Crippen LogP contribution in [-0.2, 0) is 9.59 Å². The minimum Gasteiger partial charge on any atom is -0.481 e. The normalized spacial score (nSPS) is 11.7. The van der Waals surface area contributed by atoms with Crippen LogP contribution in [-0.4, -0.2) is 59.1 Å². The molecule has 0 radical (unpaired) electrons. The van der Waals surface area contributed by atoms with Crippen LogP contribution in [0.15, 0.2) is 0 Å². The predicted molar refractivity (Wildman–Crippen MR) is 74.0 cm³/mol. The van der Waals surface area contributed by atoms with Crippen LogP contribution in [0.1, 0.15) is 19.8 Å². The zero-order chi connectivity index (χ0) is 14.8. The first-order valence-corrected chi connectivity index (χ1v) is 7.37. The molecule has 0 saturated carbocycles. The van der Waals surface area contributed by atoms with Crippen LogP contribution in [0.5, 0.6) is 0 Å². The average Bonchev–Trinajstić information content (AvgIpc) is 2.34. The lowest BCUT2D eigenvalue weighted by Gasteiger charge is -2.26. The van der Waals surface area contributed by atoms with Crippen molar-refractivity contribution in [1.82, 2.24) is 10.2 Å². The summed E-state index contributed by atoms with van der Waals surface area (Å²) in [6.45, 7) is 2.28. The molecule has 0 aromatic carbocycles. The number of carbonyl (C=O) groups is 3. The maximum atomic E-state index is 12.2. The summed E-state index contributed by atoms with van der Waals surface area (Å²) in [4.78, 5) is 35.0. The molecule has 0 bridgehead atoms. The van der Waals surface area contributed by atoms with Crippen molar-refractivity contribution in [2.24, 2.45) is 5.73 Å². The number of nitrogens with two attached hydrogens (primary N) is 1. The van der Waals surface area contributed by atoms with Crippen molar-refractivity contribution < 1.29 is 19.5 Å². The molecule has 0 rings (SSSR count). The number of nitrogens with one attached hydrogen (secondary N) is 1. The Morgan fingerprint density at radius 2 is 2.05 bits per heavy atom. The molecule has 8 heteroatoms. The van der Waals surface area contributed by atoms with E-state index in [1.54, 1.807) is 18.7 Å². The fourth-order valence-corrected chi connectivity index (χ4v) is 2.01. The number of hydrogen-bond donors (Lipinski definition) is 3. The van der Waals surface area contributed by atoms with Crippen molar-refractivity contribution in [2.75, 3.05) is 25.1 Å². The third kappa shape index (κ3) is 7.55. The van der Waals surface area contributed by atoms with Gasteiger partial charge in [0.05, 0.1) is 6.42 Å². The maximum absolute atomic E-state index is 12.2. The topological polar surface area (TPSA) is 113 Å². The summed E-state index contributed by atoms with van der Waals surface area (Å²) in [5, 5.41) is 11.0. The molecule has 19 heavy (non-hydrogen) atoms. The van der Waals surface area contributed by atoms with Gasteiger partial charge < -0.3 is 21.1 Å². The lowest BCUT2D eigenvalue weighted by molar-refractivity contribution is -0.139. The highest BCUT2D eigenvalue weighted by Crippen LogP contribution is 2.05. The molecule has 0 aliphatic heterocycles. The van der Waals surface area contributed by atoms with E-state index in [0.717, 1.165) is 0 Å². The van der Waals surface area contributed by atoms with Crippen molar-refractivity contribution >= 4 is 29.7 Å². The van der Waals surface area contributed by atoms with E-state index >= 15 is 0 Å². The number of thioether (sulfide) groups is 1. The Labute approximate surface area is 116 Å². The van der Waals surface area contributed by atoms with Crippen molar-refractivity contribution in [3.8, 4) is 0 Å². The number of urea groups is 1. The summed E-state index contributed by atoms with van der Waals surface area (Å²) < 4.78 is 0. The Balaban J connectivity index is 4.61. The number of primary amides is 1. The van der Waals surface area contributed by atoms with Gasteiger partial charge in [0.2, 0.25) is 5.91 Å². The highest BCUT2D eigenvalue weighted by Gasteiger charge is 2.24. The fraction of sp³-hybridized carbons (Fsp3) is 0.727. The van der Waals surface area contributed by atoms with Gasteiger partial charge in [0.25, 0.3) is 0 Å². The van der Waals surface area contributed by atoms with Crippen molar-refractivity contribution in [2.45, 2.75) is 25.8 Å². The van der Waals surface area contributed by atoms with Crippen LogP contribution >= 0.6 is 11.8 Å². The number of rotatable bonds is 9. The smallest absolute Gasteiger partial charge is 0.312 e. The molecule has 4 N–H and O–H groups in total. The van der Waals surface area contributed by atoms with E-state index in [1.807, 2.05) is 6.26 Å². The zero-order valence-corrected chi connectivity index (χ0v) is 12.0. The van der Waals surface area contributed by atoms with Crippen LogP contribution in [0, 0.1) is 0 Å². The SMILES string of the molecule is CCN(CCC(=O)O)C(=O)C(CCSC)NC(N)=O. The molecule has 7 nitrogen and oxygen atoms in total. The number of nitrogens with zero attached hydrogens (tertiary/aromatic N) is 1. The molecule has 1 unspecified atom stereocenters. The van der Waals surface area contributed by atoms with E-state index in [1.165, 1.54) is 4.90 Å². The number of amides is 3. The Kier molecular flexibility index (Phi) is 8.77. The van der Waals surface area contributed by atoms with Gasteiger partial charge in [-0.15, -0.1) is 0 Å². The summed E-state index contributed by atoms with van der Waals surface area (Å²) in [7, 11) is 0. The molecule has 0 spiro atoms. The number of likely N-dealkylation sites (N-methyl/N-ethyl adjacent to an activating group) is 1. The van der Waals surface area contributed by atoms with Gasteiger partial charge in [-0.05, 0) is 25.4 Å². The highest BCUT2D eigenvalue weighted by atomic mass is 32.2. The second-order valence-electron chi connectivity index (χ2n) is 3.90. The van der Waals surface area contributed by atoms with E-state index in [4.69, 9.17) is 10.8 Å². The van der Waals surface area contributed by atoms with Gasteiger partial charge in [0.1, 0.15) is 6.04 Å². The molecule has 0 aromatic heterocycles. The van der Waals surface area contributed by atoms with E-state index in [2.05, 4.69) is 5.32 Å². The summed E-state index contributed by atoms with van der Waals surface area (Å²) in [6, 6.07) is -1.45. The summed E-state index contributed by atoms with van der Waals surface area (Å²) in [5.41, 5.74) is 5.04. The van der Waals surface area contributed by atoms with Crippen LogP contribution in [0.4, 0.5) is 4.79 Å². The van der Waals surface area contributed by atoms with E-state index in [0.29, 0.717) is 18.7 Å². The third-order valence-electron chi connectivity index (χ3n) is 2.51. The van der Waals surface area contributed by atoms with Crippen molar-refractivity contribution in [3.63, 3.8) is 0 Å². The first-order chi connectivity index (χ1) is 8.92. The average molecular weight is 291 g/mol. The van der Waals surface area contributed by atoms with Gasteiger partial charge in [0, 0.05) is 13.1 Å². The first kappa shape index (κ1) is 17.6. The van der Waals surface area contributed by atoms with Crippen LogP contribution in [0.2, 0.25) is 0 Å². The first-order valence-electron chi connectivity index (χ1n) is 5.97. The van der Waals surface area contributed by atoms with Crippen LogP contribution in [0.3, 0.4) is 0 Å². The minimum atomic E-state index is -0.963. The molecule has 0 heterocycles. The monoisotopic (exact) mass is 291 g/mol. The number of aliphatic carboxylic acids is 1. The third-order valence-corrected chi connectivity index (χ3v) is 3.16. The number of hydrogen-bond acceptors (Lipinski definition) is 4. The molecule has 0 aliphatic rings. The Morgan fingerprint density at radius 1 is 1.42 bits per heavy atom. The van der Waals surface area contributed by atoms with E-state index < -0.39 is 18.0 Å². The molecular weight excluding hydrogens is 270 g/mol. The second-order valence-corrected chi connectivity index (χ2v) is 4.89. The highest BCUT2D eigenvalue weighted by molar-refractivity contribution is 7.98. The van der Waals surface area contributed by atoms with Gasteiger partial charge >= 0.3 is 12.0 Å². The summed E-state index contributed by atoms with van der Waals surface area (Å²) in [6.07, 6.45) is 2.24. The van der Waals surface area contributed by atoms with Crippen molar-refractivity contribution in [3.05, 3.63) is 0 Å². The van der Waals surface area contributed by atoms with Crippen molar-refractivity contribution in [1.29, 1.82) is 0 Å². The quantitative estimate of drug-likeness (QED) is 0.557. The second kappa shape index (κ2) is 9.48. The molecule has 3 amide bonds. The van der Waals surface area contributed by atoms with Gasteiger partial charge in [-0.2, -0.15) is 11.8 Å². The Bertz CT molecular complexity index is 325. The molecule has 0 aromatic rings. The Morgan fingerprint density at radius 3 is 2.47 bits per heavy atom. The maximum Gasteiger partial charge on any atom is 0.312 e. The molecule has 110 valence electrons. The van der Waals surface area contributed by atoms with Crippen LogP contribution in [0.25, 0.3) is 0 Å². The van der Waals surface area contributed by atoms with Gasteiger partial charge in [-0.3, -0.25) is 9.59 Å². The van der Waals surface area contributed by atoms with E-state index in [9.17, 15) is 14.4 Å². The zero-order valence-electron chi connectivity index (χ0n) is 11.2. The number of carbonyl (C=O) groups excluding carboxylic acids is 2. The van der Waals surface area contributed by atoms with Gasteiger partial charge in [0.15, 0.2) is 0 Å². The number of carboxylic acids is 1. The minimum absolute atomic E-state index is 0.120. The molecular formula is C11H21N3O4S. The van der Waals surface area contributed by atoms with Crippen LogP contribution < -0.4 is 11.1 Å². The van der Waals surface area contributed by atoms with E-state index in [-0.39, 0.29) is 18.9 Å². The summed E-state index contributed by atoms with van der Waals surface area (Å²) >= 11 is 1.56. The molecule has 0 fully saturated rings. The number of carboxylic acid groups (broad SMARTS) is 1. The standard InChI is InChI=1S/C11H21N3O4S/c1-3-14(6-4-9(15)16)10(17)8(5-7-19-2)13-11(12)18/h8H,3-7H2,1-2H3,(H,15,16)(H3,12,13,18). The fourth-order valence-electron chi connectivity index (χ4n) is 1.54. The molecule has 1 atom stereocenters. The van der Waals surface area contributed by atoms with Gasteiger partial charge in [-0.1, -0.05) is 0 Å². The Hall–Kier alpha value is -1.44.